The number of ether oxygens (including phenoxy) is 1. The van der Waals surface area contributed by atoms with Crippen molar-refractivity contribution in [2.24, 2.45) is 0 Å². The summed E-state index contributed by atoms with van der Waals surface area (Å²) in [7, 11) is -1.92. The van der Waals surface area contributed by atoms with E-state index in [4.69, 9.17) is 14.3 Å². The van der Waals surface area contributed by atoms with Crippen molar-refractivity contribution in [2.75, 3.05) is 0 Å². The molecular weight excluding hydrogens is 476 g/mol. The zero-order chi connectivity index (χ0) is 27.9. The van der Waals surface area contributed by atoms with Crippen LogP contribution in [0.3, 0.4) is 0 Å². The van der Waals surface area contributed by atoms with Crippen molar-refractivity contribution in [3.8, 4) is 11.5 Å². The maximum Gasteiger partial charge on any atom is 0.303 e. The molecule has 0 unspecified atom stereocenters. The van der Waals surface area contributed by atoms with Crippen molar-refractivity contribution < 1.29 is 19.1 Å². The van der Waals surface area contributed by atoms with Gasteiger partial charge in [-0.3, -0.25) is 4.79 Å². The average molecular weight is 531 g/mol. The summed E-state index contributed by atoms with van der Waals surface area (Å²) < 4.78 is 13.5. The molecule has 1 aliphatic rings. The first-order valence-electron chi connectivity index (χ1n) is 14.6. The van der Waals surface area contributed by atoms with Crippen LogP contribution in [-0.2, 0) is 11.2 Å². The Bertz CT molecular complexity index is 941. The summed E-state index contributed by atoms with van der Waals surface area (Å²) in [5.74, 6) is 1.48. The van der Waals surface area contributed by atoms with Gasteiger partial charge < -0.3 is 14.3 Å². The van der Waals surface area contributed by atoms with E-state index >= 15 is 0 Å². The van der Waals surface area contributed by atoms with Crippen molar-refractivity contribution in [1.29, 1.82) is 0 Å². The normalized spacial score (nSPS) is 18.1. The highest BCUT2D eigenvalue weighted by Gasteiger charge is 2.40. The van der Waals surface area contributed by atoms with E-state index in [1.807, 2.05) is 0 Å². The Kier molecular flexibility index (Phi) is 11.4. The molecule has 0 aliphatic carbocycles. The largest absolute Gasteiger partial charge is 0.543 e. The fourth-order valence-electron chi connectivity index (χ4n) is 4.86. The maximum atomic E-state index is 10.5. The third-order valence-electron chi connectivity index (χ3n) is 8.66. The smallest absolute Gasteiger partial charge is 0.303 e. The molecule has 37 heavy (non-hydrogen) atoms. The third kappa shape index (κ3) is 8.90. The Morgan fingerprint density at radius 1 is 0.973 bits per heavy atom. The van der Waals surface area contributed by atoms with Crippen LogP contribution in [-0.4, -0.2) is 25.0 Å². The Balaban J connectivity index is 1.88. The number of unbranched alkanes of at least 4 members (excludes halogenated alkanes) is 8. The molecule has 5 heteroatoms. The number of fused-ring (bicyclic) bond motifs is 1. The minimum absolute atomic E-state index is 0.166. The van der Waals surface area contributed by atoms with Crippen molar-refractivity contribution in [1.82, 2.24) is 0 Å². The van der Waals surface area contributed by atoms with Crippen LogP contribution in [0.25, 0.3) is 0 Å². The second-order valence-electron chi connectivity index (χ2n) is 13.0. The van der Waals surface area contributed by atoms with E-state index in [0.29, 0.717) is 6.42 Å². The summed E-state index contributed by atoms with van der Waals surface area (Å²) in [5, 5.41) is 8.85. The first-order valence-corrected chi connectivity index (χ1v) is 17.5. The first kappa shape index (κ1) is 31.5. The lowest BCUT2D eigenvalue weighted by Gasteiger charge is -2.40. The van der Waals surface area contributed by atoms with Crippen LogP contribution >= 0.6 is 0 Å². The minimum atomic E-state index is -1.92. The standard InChI is InChI=1S/C32H54O4Si/c1-24-25(2)30-27(26(3)29(24)36-37(8,9)31(4,5)6)21-23-32(7,35-30)22-19-17-15-13-11-10-12-14-16-18-20-28(33)34/h19,22H,10-18,20-21,23H2,1-9H3,(H,33,34)/b22-19+/t32-/m1/s1. The number of carboxylic acid groups (broad SMARTS) is 1. The van der Waals surface area contributed by atoms with Gasteiger partial charge >= 0.3 is 5.97 Å². The van der Waals surface area contributed by atoms with E-state index in [-0.39, 0.29) is 10.6 Å². The zero-order valence-corrected chi connectivity index (χ0v) is 26.3. The fourth-order valence-corrected chi connectivity index (χ4v) is 5.99. The number of hydrogen-bond donors (Lipinski definition) is 1. The number of hydrogen-bond acceptors (Lipinski definition) is 3. The number of allylic oxidation sites excluding steroid dienone is 1. The van der Waals surface area contributed by atoms with Crippen molar-refractivity contribution in [3.05, 3.63) is 34.4 Å². The molecule has 0 fully saturated rings. The lowest BCUT2D eigenvalue weighted by atomic mass is 9.87. The molecule has 0 radical (unpaired) electrons. The fraction of sp³-hybridized carbons (Fsp3) is 0.719. The Morgan fingerprint density at radius 3 is 2.11 bits per heavy atom. The van der Waals surface area contributed by atoms with E-state index in [2.05, 4.69) is 73.7 Å². The second kappa shape index (κ2) is 13.4. The van der Waals surface area contributed by atoms with E-state index in [1.54, 1.807) is 0 Å². The monoisotopic (exact) mass is 530 g/mol. The van der Waals surface area contributed by atoms with Crippen molar-refractivity contribution in [2.45, 2.75) is 149 Å². The number of carbonyl (C=O) groups is 1. The molecular formula is C32H54O4Si. The molecule has 210 valence electrons. The van der Waals surface area contributed by atoms with Crippen LogP contribution in [0.4, 0.5) is 0 Å². The molecule has 0 amide bonds. The van der Waals surface area contributed by atoms with Gasteiger partial charge in [0, 0.05) is 12.0 Å². The van der Waals surface area contributed by atoms with Gasteiger partial charge in [-0.2, -0.15) is 0 Å². The molecule has 0 aromatic heterocycles. The van der Waals surface area contributed by atoms with Crippen LogP contribution < -0.4 is 9.16 Å². The van der Waals surface area contributed by atoms with Crippen LogP contribution in [0.15, 0.2) is 12.2 Å². The van der Waals surface area contributed by atoms with Gasteiger partial charge in [-0.1, -0.05) is 65.4 Å². The van der Waals surface area contributed by atoms with Crippen LogP contribution in [0.2, 0.25) is 18.1 Å². The minimum Gasteiger partial charge on any atom is -0.543 e. The topological polar surface area (TPSA) is 55.8 Å². The third-order valence-corrected chi connectivity index (χ3v) is 13.0. The molecule has 0 saturated carbocycles. The predicted octanol–water partition coefficient (Wildman–Crippen LogP) is 9.62. The zero-order valence-electron chi connectivity index (χ0n) is 25.3. The molecule has 1 aliphatic heterocycles. The van der Waals surface area contributed by atoms with Gasteiger partial charge in [-0.05, 0) is 101 Å². The predicted molar refractivity (Wildman–Crippen MR) is 159 cm³/mol. The van der Waals surface area contributed by atoms with E-state index < -0.39 is 14.3 Å². The maximum absolute atomic E-state index is 10.5. The quantitative estimate of drug-likeness (QED) is 0.148. The van der Waals surface area contributed by atoms with Crippen LogP contribution in [0.5, 0.6) is 11.5 Å². The number of aliphatic carboxylic acids is 1. The van der Waals surface area contributed by atoms with Crippen molar-refractivity contribution in [3.63, 3.8) is 0 Å². The van der Waals surface area contributed by atoms with E-state index in [9.17, 15) is 4.79 Å². The number of carboxylic acids is 1. The van der Waals surface area contributed by atoms with E-state index in [1.165, 1.54) is 54.4 Å². The number of rotatable bonds is 14. The highest BCUT2D eigenvalue weighted by atomic mass is 28.4. The summed E-state index contributed by atoms with van der Waals surface area (Å²) in [6.07, 6.45) is 17.3. The summed E-state index contributed by atoms with van der Waals surface area (Å²) in [5.41, 5.74) is 4.77. The lowest BCUT2D eigenvalue weighted by Crippen LogP contribution is -2.44. The molecule has 1 aromatic rings. The average Bonchev–Trinajstić information content (AvgIpc) is 2.80. The van der Waals surface area contributed by atoms with Crippen LogP contribution in [0.1, 0.15) is 121 Å². The van der Waals surface area contributed by atoms with E-state index in [0.717, 1.165) is 50.0 Å². The van der Waals surface area contributed by atoms with Crippen LogP contribution in [0, 0.1) is 20.8 Å². The highest BCUT2D eigenvalue weighted by Crippen LogP contribution is 2.46. The van der Waals surface area contributed by atoms with Gasteiger partial charge in [0.05, 0.1) is 0 Å². The summed E-state index contributed by atoms with van der Waals surface area (Å²) >= 11 is 0. The Morgan fingerprint density at radius 2 is 1.54 bits per heavy atom. The molecule has 1 N–H and O–H groups in total. The van der Waals surface area contributed by atoms with Gasteiger partial charge in [0.1, 0.15) is 17.1 Å². The molecule has 1 heterocycles. The summed E-state index contributed by atoms with van der Waals surface area (Å²) in [4.78, 5) is 10.5. The van der Waals surface area contributed by atoms with Gasteiger partial charge in [0.15, 0.2) is 0 Å². The molecule has 4 nitrogen and oxygen atoms in total. The Labute approximate surface area is 228 Å². The van der Waals surface area contributed by atoms with Gasteiger partial charge in [-0.15, -0.1) is 0 Å². The summed E-state index contributed by atoms with van der Waals surface area (Å²) in [6, 6.07) is 0. The van der Waals surface area contributed by atoms with Gasteiger partial charge in [-0.25, -0.2) is 0 Å². The second-order valence-corrected chi connectivity index (χ2v) is 17.7. The summed E-state index contributed by atoms with van der Waals surface area (Å²) in [6.45, 7) is 20.3. The molecule has 0 saturated heterocycles. The molecule has 0 bridgehead atoms. The van der Waals surface area contributed by atoms with Gasteiger partial charge in [0.25, 0.3) is 8.32 Å². The molecule has 1 atom stereocenters. The lowest BCUT2D eigenvalue weighted by molar-refractivity contribution is -0.137. The van der Waals surface area contributed by atoms with Crippen molar-refractivity contribution >= 4 is 14.3 Å². The Hall–Kier alpha value is -1.75. The molecule has 0 spiro atoms. The van der Waals surface area contributed by atoms with Gasteiger partial charge in [0.2, 0.25) is 0 Å². The SMILES string of the molecule is Cc1c(C)c2c(c(C)c1O[Si](C)(C)C(C)(C)C)CC[C@@](C)(/C=C/CCCCCCCCCCC(=O)O)O2. The number of benzene rings is 1. The first-order chi connectivity index (χ1) is 17.2. The molecule has 2 rings (SSSR count). The highest BCUT2D eigenvalue weighted by molar-refractivity contribution is 6.74. The molecule has 1 aromatic carbocycles.